The van der Waals surface area contributed by atoms with Crippen molar-refractivity contribution in [3.05, 3.63) is 0 Å². The number of hydrogen-bond acceptors (Lipinski definition) is 2. The molecule has 0 aromatic heterocycles. The Morgan fingerprint density at radius 2 is 2.06 bits per heavy atom. The molecule has 0 N–H and O–H groups in total. The first-order valence-corrected chi connectivity index (χ1v) is 8.42. The van der Waals surface area contributed by atoms with Gasteiger partial charge >= 0.3 is 5.97 Å². The van der Waals surface area contributed by atoms with Crippen molar-refractivity contribution in [1.29, 1.82) is 0 Å². The Balaban J connectivity index is 2.42. The number of carbonyl (C=O) groups excluding carboxylic acids is 1. The first-order valence-electron chi connectivity index (χ1n) is 7.30. The predicted molar refractivity (Wildman–Crippen MR) is 78.9 cm³/mol. The lowest BCUT2D eigenvalue weighted by atomic mass is 9.75. The van der Waals surface area contributed by atoms with Crippen molar-refractivity contribution >= 4 is 21.9 Å². The van der Waals surface area contributed by atoms with Crippen molar-refractivity contribution < 1.29 is 9.53 Å². The van der Waals surface area contributed by atoms with E-state index in [1.54, 1.807) is 0 Å². The number of carbonyl (C=O) groups is 1. The number of unbranched alkanes of at least 4 members (excludes halogenated alkanes) is 1. The van der Waals surface area contributed by atoms with Gasteiger partial charge in [-0.15, -0.1) is 0 Å². The predicted octanol–water partition coefficient (Wildman–Crippen LogP) is 4.56. The van der Waals surface area contributed by atoms with Crippen LogP contribution in [0.4, 0.5) is 0 Å². The van der Waals surface area contributed by atoms with Crippen molar-refractivity contribution in [3.8, 4) is 0 Å². The number of hydrogen-bond donors (Lipinski definition) is 0. The van der Waals surface area contributed by atoms with E-state index < -0.39 is 0 Å². The summed E-state index contributed by atoms with van der Waals surface area (Å²) in [4.78, 5) is 11.8. The van der Waals surface area contributed by atoms with Gasteiger partial charge in [-0.1, -0.05) is 43.1 Å². The van der Waals surface area contributed by atoms with E-state index in [4.69, 9.17) is 4.74 Å². The second-order valence-electron chi connectivity index (χ2n) is 6.00. The molecule has 1 saturated carbocycles. The van der Waals surface area contributed by atoms with Crippen molar-refractivity contribution in [2.45, 2.75) is 65.4 Å². The Labute approximate surface area is 120 Å². The molecule has 3 unspecified atom stereocenters. The molecule has 3 heteroatoms. The molecular formula is C15H27BrO2. The van der Waals surface area contributed by atoms with Crippen LogP contribution in [0, 0.1) is 17.8 Å². The number of rotatable bonds is 6. The monoisotopic (exact) mass is 318 g/mol. The van der Waals surface area contributed by atoms with E-state index >= 15 is 0 Å². The van der Waals surface area contributed by atoms with Gasteiger partial charge < -0.3 is 4.74 Å². The molecule has 0 amide bonds. The standard InChI is InChI=1S/C15H27BrO2/c1-11(2)13-8-7-12(3)10-14(13)18-15(17)6-4-5-9-16/h11-14H,4-10H2,1-3H3. The van der Waals surface area contributed by atoms with Crippen LogP contribution in [0.3, 0.4) is 0 Å². The summed E-state index contributed by atoms with van der Waals surface area (Å²) in [5.74, 6) is 1.86. The maximum Gasteiger partial charge on any atom is 0.306 e. The van der Waals surface area contributed by atoms with Gasteiger partial charge in [0.05, 0.1) is 0 Å². The van der Waals surface area contributed by atoms with Gasteiger partial charge in [0.25, 0.3) is 0 Å². The Hall–Kier alpha value is -0.0500. The second-order valence-corrected chi connectivity index (χ2v) is 6.79. The summed E-state index contributed by atoms with van der Waals surface area (Å²) >= 11 is 3.38. The largest absolute Gasteiger partial charge is 0.462 e. The van der Waals surface area contributed by atoms with Crippen LogP contribution in [0.2, 0.25) is 0 Å². The van der Waals surface area contributed by atoms with Gasteiger partial charge in [-0.05, 0) is 43.4 Å². The lowest BCUT2D eigenvalue weighted by Gasteiger charge is -2.36. The van der Waals surface area contributed by atoms with Crippen LogP contribution in [0.15, 0.2) is 0 Å². The highest BCUT2D eigenvalue weighted by Crippen LogP contribution is 2.35. The third-order valence-corrected chi connectivity index (χ3v) is 4.57. The average molecular weight is 319 g/mol. The minimum absolute atomic E-state index is 0.000648. The van der Waals surface area contributed by atoms with Gasteiger partial charge in [0.1, 0.15) is 6.10 Å². The lowest BCUT2D eigenvalue weighted by molar-refractivity contribution is -0.156. The highest BCUT2D eigenvalue weighted by molar-refractivity contribution is 9.09. The molecule has 18 heavy (non-hydrogen) atoms. The smallest absolute Gasteiger partial charge is 0.306 e. The van der Waals surface area contributed by atoms with Gasteiger partial charge in [0, 0.05) is 11.8 Å². The second kappa shape index (κ2) is 8.19. The minimum Gasteiger partial charge on any atom is -0.462 e. The van der Waals surface area contributed by atoms with Crippen LogP contribution in [-0.4, -0.2) is 17.4 Å². The quantitative estimate of drug-likeness (QED) is 0.408. The van der Waals surface area contributed by atoms with E-state index in [0.717, 1.165) is 24.6 Å². The fraction of sp³-hybridized carbons (Fsp3) is 0.933. The Morgan fingerprint density at radius 3 is 2.67 bits per heavy atom. The molecule has 0 heterocycles. The third-order valence-electron chi connectivity index (χ3n) is 4.01. The average Bonchev–Trinajstić information content (AvgIpc) is 2.29. The van der Waals surface area contributed by atoms with Crippen molar-refractivity contribution in [3.63, 3.8) is 0 Å². The molecule has 3 atom stereocenters. The first kappa shape index (κ1) is 16.0. The van der Waals surface area contributed by atoms with E-state index in [2.05, 4.69) is 36.7 Å². The van der Waals surface area contributed by atoms with E-state index in [0.29, 0.717) is 24.2 Å². The van der Waals surface area contributed by atoms with Crippen LogP contribution in [-0.2, 0) is 9.53 Å². The molecule has 0 aromatic rings. The van der Waals surface area contributed by atoms with E-state index in [1.165, 1.54) is 12.8 Å². The van der Waals surface area contributed by atoms with Crippen LogP contribution in [0.5, 0.6) is 0 Å². The van der Waals surface area contributed by atoms with Crippen LogP contribution in [0.1, 0.15) is 59.3 Å². The Kier molecular flexibility index (Phi) is 7.28. The number of ether oxygens (including phenoxy) is 1. The summed E-state index contributed by atoms with van der Waals surface area (Å²) in [5, 5.41) is 0.968. The zero-order valence-corrected chi connectivity index (χ0v) is 13.5. The van der Waals surface area contributed by atoms with Crippen LogP contribution >= 0.6 is 15.9 Å². The first-order chi connectivity index (χ1) is 8.54. The molecule has 0 aromatic carbocycles. The molecule has 2 nitrogen and oxygen atoms in total. The van der Waals surface area contributed by atoms with Crippen molar-refractivity contribution in [1.82, 2.24) is 0 Å². The summed E-state index contributed by atoms with van der Waals surface area (Å²) in [7, 11) is 0. The summed E-state index contributed by atoms with van der Waals surface area (Å²) in [6.07, 6.45) is 6.24. The highest BCUT2D eigenvalue weighted by Gasteiger charge is 2.33. The van der Waals surface area contributed by atoms with Crippen molar-refractivity contribution in [2.24, 2.45) is 17.8 Å². The maximum atomic E-state index is 11.8. The summed E-state index contributed by atoms with van der Waals surface area (Å²) < 4.78 is 5.73. The SMILES string of the molecule is CC1CCC(C(C)C)C(OC(=O)CCCCBr)C1. The minimum atomic E-state index is 0.000648. The molecule has 106 valence electrons. The molecule has 0 radical (unpaired) electrons. The Bertz CT molecular complexity index is 253. The number of esters is 1. The van der Waals surface area contributed by atoms with Crippen molar-refractivity contribution in [2.75, 3.05) is 5.33 Å². The van der Waals surface area contributed by atoms with E-state index in [-0.39, 0.29) is 12.1 Å². The van der Waals surface area contributed by atoms with Gasteiger partial charge in [-0.25, -0.2) is 0 Å². The summed E-state index contributed by atoms with van der Waals surface area (Å²) in [6, 6.07) is 0. The van der Waals surface area contributed by atoms with Crippen LogP contribution in [0.25, 0.3) is 0 Å². The lowest BCUT2D eigenvalue weighted by Crippen LogP contribution is -2.35. The van der Waals surface area contributed by atoms with Gasteiger partial charge in [0.15, 0.2) is 0 Å². The number of alkyl halides is 1. The third kappa shape index (κ3) is 5.29. The topological polar surface area (TPSA) is 26.3 Å². The Morgan fingerprint density at radius 1 is 1.33 bits per heavy atom. The van der Waals surface area contributed by atoms with Crippen LogP contribution < -0.4 is 0 Å². The number of halogens is 1. The maximum absolute atomic E-state index is 11.8. The molecule has 0 spiro atoms. The fourth-order valence-electron chi connectivity index (χ4n) is 2.84. The highest BCUT2D eigenvalue weighted by atomic mass is 79.9. The molecule has 0 aliphatic heterocycles. The molecule has 1 fully saturated rings. The van der Waals surface area contributed by atoms with E-state index in [1.807, 2.05) is 0 Å². The summed E-state index contributed by atoms with van der Waals surface area (Å²) in [6.45, 7) is 6.75. The summed E-state index contributed by atoms with van der Waals surface area (Å²) in [5.41, 5.74) is 0. The van der Waals surface area contributed by atoms with Gasteiger partial charge in [0.2, 0.25) is 0 Å². The zero-order valence-electron chi connectivity index (χ0n) is 12.0. The molecule has 1 aliphatic rings. The molecular weight excluding hydrogens is 292 g/mol. The normalized spacial score (nSPS) is 28.4. The van der Waals surface area contributed by atoms with Gasteiger partial charge in [-0.3, -0.25) is 4.79 Å². The zero-order chi connectivity index (χ0) is 13.5. The molecule has 0 saturated heterocycles. The molecule has 1 rings (SSSR count). The van der Waals surface area contributed by atoms with E-state index in [9.17, 15) is 4.79 Å². The van der Waals surface area contributed by atoms with Gasteiger partial charge in [-0.2, -0.15) is 0 Å². The molecule has 1 aliphatic carbocycles. The fourth-order valence-corrected chi connectivity index (χ4v) is 3.24. The molecule has 0 bridgehead atoms.